The van der Waals surface area contributed by atoms with Gasteiger partial charge in [0.25, 0.3) is 0 Å². The van der Waals surface area contributed by atoms with E-state index in [0.717, 1.165) is 70.6 Å². The van der Waals surface area contributed by atoms with Crippen molar-refractivity contribution in [3.05, 3.63) is 117 Å². The first-order valence-corrected chi connectivity index (χ1v) is 15.2. The molecule has 216 valence electrons. The maximum absolute atomic E-state index is 12.9. The summed E-state index contributed by atoms with van der Waals surface area (Å²) in [5.74, 6) is 2.40. The van der Waals surface area contributed by atoms with Crippen molar-refractivity contribution in [1.29, 1.82) is 0 Å². The first-order chi connectivity index (χ1) is 19.6. The molecule has 0 saturated carbocycles. The van der Waals surface area contributed by atoms with E-state index in [1.54, 1.807) is 38.5 Å². The molecule has 0 fully saturated rings. The van der Waals surface area contributed by atoms with Gasteiger partial charge in [-0.1, -0.05) is 48.5 Å². The monoisotopic (exact) mass is 574 g/mol. The van der Waals surface area contributed by atoms with Gasteiger partial charge in [-0.25, -0.2) is 4.57 Å². The summed E-state index contributed by atoms with van der Waals surface area (Å²) in [5.41, 5.74) is 8.84. The summed E-state index contributed by atoms with van der Waals surface area (Å²) in [4.78, 5) is 10.5. The number of rotatable bonds is 12. The van der Waals surface area contributed by atoms with Gasteiger partial charge in [0.15, 0.2) is 0 Å². The van der Waals surface area contributed by atoms with E-state index in [1.165, 1.54) is 11.1 Å². The third kappa shape index (κ3) is 8.16. The van der Waals surface area contributed by atoms with E-state index >= 15 is 0 Å². The minimum absolute atomic E-state index is 0.289. The molecule has 6 nitrogen and oxygen atoms in total. The second kappa shape index (κ2) is 13.3. The second-order valence-electron chi connectivity index (χ2n) is 10.5. The molecule has 0 amide bonds. The van der Waals surface area contributed by atoms with Crippen LogP contribution in [0.4, 0.5) is 0 Å². The van der Waals surface area contributed by atoms with Gasteiger partial charge in [-0.15, -0.1) is 0 Å². The average Bonchev–Trinajstić information content (AvgIpc) is 2.90. The van der Waals surface area contributed by atoms with Crippen molar-refractivity contribution in [2.75, 3.05) is 14.2 Å². The lowest BCUT2D eigenvalue weighted by Crippen LogP contribution is -2.01. The fourth-order valence-electron chi connectivity index (χ4n) is 5.39. The molecule has 0 saturated heterocycles. The highest BCUT2D eigenvalue weighted by Gasteiger charge is 2.25. The van der Waals surface area contributed by atoms with Crippen LogP contribution in [0.3, 0.4) is 0 Å². The zero-order valence-electron chi connectivity index (χ0n) is 24.7. The molecule has 0 atom stereocenters. The molecule has 0 aliphatic heterocycles. The van der Waals surface area contributed by atoms with E-state index in [1.807, 2.05) is 52.0 Å². The van der Waals surface area contributed by atoms with Crippen molar-refractivity contribution in [3.63, 3.8) is 0 Å². The molecular weight excluding hydrogens is 535 g/mol. The lowest BCUT2D eigenvalue weighted by Gasteiger charge is -2.15. The third-order valence-corrected chi connectivity index (χ3v) is 7.97. The molecule has 0 aliphatic rings. The Morgan fingerprint density at radius 1 is 0.561 bits per heavy atom. The van der Waals surface area contributed by atoms with E-state index < -0.39 is 7.82 Å². The summed E-state index contributed by atoms with van der Waals surface area (Å²) < 4.78 is 34.7. The van der Waals surface area contributed by atoms with Gasteiger partial charge in [-0.3, -0.25) is 4.89 Å². The highest BCUT2D eigenvalue weighted by atomic mass is 31.2. The summed E-state index contributed by atoms with van der Waals surface area (Å²) in [6, 6.07) is 23.0. The first-order valence-electron chi connectivity index (χ1n) is 13.7. The summed E-state index contributed by atoms with van der Waals surface area (Å²) in [6.45, 7) is 8.17. The Bertz CT molecular complexity index is 1400. The van der Waals surface area contributed by atoms with Crippen LogP contribution in [-0.4, -0.2) is 19.1 Å². The van der Waals surface area contributed by atoms with Crippen LogP contribution in [0.1, 0.15) is 44.5 Å². The molecule has 0 bridgehead atoms. The van der Waals surface area contributed by atoms with Gasteiger partial charge in [0.05, 0.1) is 14.2 Å². The molecule has 0 heterocycles. The summed E-state index contributed by atoms with van der Waals surface area (Å²) in [6.07, 6.45) is 3.16. The van der Waals surface area contributed by atoms with Crippen LogP contribution in [0.25, 0.3) is 0 Å². The zero-order valence-corrected chi connectivity index (χ0v) is 25.6. The van der Waals surface area contributed by atoms with Crippen LogP contribution in [0.2, 0.25) is 0 Å². The van der Waals surface area contributed by atoms with Crippen molar-refractivity contribution >= 4 is 7.82 Å². The highest BCUT2D eigenvalue weighted by Crippen LogP contribution is 2.44. The SMILES string of the molecule is COc1c(C)cc(CCc2cccc(OP(=O)(O)Oc3cccc(CCc4cc(C)c(OC)c(C)c4)c3)c2)cc1C. The predicted molar refractivity (Wildman–Crippen MR) is 164 cm³/mol. The Kier molecular flexibility index (Phi) is 9.80. The van der Waals surface area contributed by atoms with Crippen LogP contribution in [0.15, 0.2) is 72.8 Å². The van der Waals surface area contributed by atoms with Crippen LogP contribution in [0, 0.1) is 27.7 Å². The molecule has 0 aromatic heterocycles. The number of benzene rings is 4. The molecule has 4 rings (SSSR count). The Balaban J connectivity index is 1.36. The normalized spacial score (nSPS) is 11.3. The smallest absolute Gasteiger partial charge is 0.496 e. The molecule has 0 aliphatic carbocycles. The number of ether oxygens (including phenoxy) is 2. The lowest BCUT2D eigenvalue weighted by molar-refractivity contribution is 0.291. The molecule has 4 aromatic carbocycles. The van der Waals surface area contributed by atoms with E-state index in [2.05, 4.69) is 24.3 Å². The molecule has 0 spiro atoms. The number of phosphoric acid groups is 1. The van der Waals surface area contributed by atoms with E-state index in [4.69, 9.17) is 18.5 Å². The van der Waals surface area contributed by atoms with Gasteiger partial charge in [0, 0.05) is 0 Å². The standard InChI is InChI=1S/C34H39O6P/c1-23-17-29(18-24(2)33(23)37-5)15-13-27-9-7-11-31(21-27)39-41(35,36)40-32-12-8-10-28(22-32)14-16-30-19-25(3)34(38-6)26(4)20-30/h7-12,17-22H,13-16H2,1-6H3,(H,35,36). The molecule has 41 heavy (non-hydrogen) atoms. The van der Waals surface area contributed by atoms with Crippen molar-refractivity contribution < 1.29 is 28.0 Å². The van der Waals surface area contributed by atoms with Gasteiger partial charge in [-0.2, -0.15) is 0 Å². The number of hydrogen-bond donors (Lipinski definition) is 1. The first kappa shape index (κ1) is 30.2. The minimum Gasteiger partial charge on any atom is -0.496 e. The number of methoxy groups -OCH3 is 2. The fourth-order valence-corrected chi connectivity index (χ4v) is 6.19. The Morgan fingerprint density at radius 3 is 1.24 bits per heavy atom. The number of aryl methyl sites for hydroxylation is 8. The van der Waals surface area contributed by atoms with Crippen molar-refractivity contribution in [2.45, 2.75) is 53.4 Å². The van der Waals surface area contributed by atoms with Gasteiger partial charge < -0.3 is 18.5 Å². The molecular formula is C34H39O6P. The fraction of sp³-hybridized carbons (Fsp3) is 0.294. The van der Waals surface area contributed by atoms with Gasteiger partial charge in [0.1, 0.15) is 23.0 Å². The van der Waals surface area contributed by atoms with Crippen LogP contribution < -0.4 is 18.5 Å². The van der Waals surface area contributed by atoms with Gasteiger partial charge in [-0.05, 0) is 122 Å². The Labute approximate surface area is 243 Å². The molecule has 0 unspecified atom stereocenters. The minimum atomic E-state index is -4.40. The molecule has 7 heteroatoms. The largest absolute Gasteiger partial charge is 0.584 e. The van der Waals surface area contributed by atoms with Crippen LogP contribution >= 0.6 is 7.82 Å². The average molecular weight is 575 g/mol. The number of phosphoric ester groups is 1. The summed E-state index contributed by atoms with van der Waals surface area (Å²) in [7, 11) is -1.03. The van der Waals surface area contributed by atoms with Crippen molar-refractivity contribution in [3.8, 4) is 23.0 Å². The third-order valence-electron chi connectivity index (χ3n) is 7.09. The lowest BCUT2D eigenvalue weighted by atomic mass is 10.00. The number of hydrogen-bond acceptors (Lipinski definition) is 5. The van der Waals surface area contributed by atoms with Gasteiger partial charge in [0.2, 0.25) is 0 Å². The predicted octanol–water partition coefficient (Wildman–Crippen LogP) is 8.07. The maximum atomic E-state index is 12.9. The van der Waals surface area contributed by atoms with E-state index in [0.29, 0.717) is 0 Å². The highest BCUT2D eigenvalue weighted by molar-refractivity contribution is 7.48. The topological polar surface area (TPSA) is 74.2 Å². The van der Waals surface area contributed by atoms with E-state index in [-0.39, 0.29) is 11.5 Å². The summed E-state index contributed by atoms with van der Waals surface area (Å²) in [5, 5.41) is 0. The van der Waals surface area contributed by atoms with Crippen LogP contribution in [0.5, 0.6) is 23.0 Å². The second-order valence-corrected chi connectivity index (χ2v) is 11.8. The Hall–Kier alpha value is -3.73. The quantitative estimate of drug-likeness (QED) is 0.173. The zero-order chi connectivity index (χ0) is 29.6. The van der Waals surface area contributed by atoms with Gasteiger partial charge >= 0.3 is 7.82 Å². The molecule has 0 radical (unpaired) electrons. The van der Waals surface area contributed by atoms with Crippen LogP contribution in [-0.2, 0) is 30.2 Å². The molecule has 1 N–H and O–H groups in total. The molecule has 4 aromatic rings. The van der Waals surface area contributed by atoms with E-state index in [9.17, 15) is 9.46 Å². The van der Waals surface area contributed by atoms with Crippen molar-refractivity contribution in [1.82, 2.24) is 0 Å². The summed E-state index contributed by atoms with van der Waals surface area (Å²) >= 11 is 0. The van der Waals surface area contributed by atoms with Crippen molar-refractivity contribution in [2.24, 2.45) is 0 Å². The Morgan fingerprint density at radius 2 is 0.902 bits per heavy atom. The maximum Gasteiger partial charge on any atom is 0.584 e.